The van der Waals surface area contributed by atoms with E-state index in [9.17, 15) is 9.65 Å². The molecule has 0 saturated carbocycles. The SMILES string of the molecule is Cc1cc(-c2c(-c3ccccc3C#N)nc(N)n3nc(OCc4ncccc4F)nc23)cc(C)n1. The predicted molar refractivity (Wildman–Crippen MR) is 127 cm³/mol. The fraction of sp³-hybridized carbons (Fsp3) is 0.120. The molecule has 35 heavy (non-hydrogen) atoms. The van der Waals surface area contributed by atoms with Crippen LogP contribution in [0.4, 0.5) is 10.3 Å². The van der Waals surface area contributed by atoms with Crippen molar-refractivity contribution in [3.8, 4) is 34.5 Å². The monoisotopic (exact) mass is 466 g/mol. The summed E-state index contributed by atoms with van der Waals surface area (Å²) in [5, 5.41) is 14.0. The first-order valence-corrected chi connectivity index (χ1v) is 10.7. The van der Waals surface area contributed by atoms with Gasteiger partial charge in [-0.05, 0) is 49.7 Å². The van der Waals surface area contributed by atoms with Gasteiger partial charge in [-0.2, -0.15) is 14.8 Å². The molecule has 4 heterocycles. The largest absolute Gasteiger partial charge is 0.456 e. The van der Waals surface area contributed by atoms with Gasteiger partial charge < -0.3 is 10.5 Å². The highest BCUT2D eigenvalue weighted by Gasteiger charge is 2.22. The van der Waals surface area contributed by atoms with E-state index in [1.54, 1.807) is 18.2 Å². The van der Waals surface area contributed by atoms with E-state index in [0.29, 0.717) is 28.0 Å². The summed E-state index contributed by atoms with van der Waals surface area (Å²) in [6.45, 7) is 3.62. The van der Waals surface area contributed by atoms with Gasteiger partial charge in [0, 0.05) is 23.1 Å². The van der Waals surface area contributed by atoms with Crippen molar-refractivity contribution in [3.63, 3.8) is 0 Å². The van der Waals surface area contributed by atoms with Gasteiger partial charge in [-0.25, -0.2) is 9.37 Å². The molecule has 0 aliphatic rings. The van der Waals surface area contributed by atoms with Crippen molar-refractivity contribution in [2.75, 3.05) is 5.73 Å². The number of nitrogens with zero attached hydrogens (tertiary/aromatic N) is 7. The number of ether oxygens (including phenoxy) is 1. The molecule has 0 saturated heterocycles. The number of aryl methyl sites for hydroxylation is 2. The van der Waals surface area contributed by atoms with Crippen LogP contribution in [0.5, 0.6) is 6.01 Å². The Morgan fingerprint density at radius 2 is 1.83 bits per heavy atom. The summed E-state index contributed by atoms with van der Waals surface area (Å²) in [4.78, 5) is 17.6. The van der Waals surface area contributed by atoms with E-state index in [0.717, 1.165) is 17.0 Å². The topological polar surface area (TPSA) is 128 Å². The molecule has 5 rings (SSSR count). The van der Waals surface area contributed by atoms with Gasteiger partial charge in [0.25, 0.3) is 0 Å². The first kappa shape index (κ1) is 21.9. The smallest absolute Gasteiger partial charge is 0.336 e. The van der Waals surface area contributed by atoms with Crippen molar-refractivity contribution < 1.29 is 9.13 Å². The zero-order chi connectivity index (χ0) is 24.5. The number of halogens is 1. The van der Waals surface area contributed by atoms with Crippen molar-refractivity contribution >= 4 is 11.6 Å². The van der Waals surface area contributed by atoms with Gasteiger partial charge in [-0.3, -0.25) is 9.97 Å². The number of hydrogen-bond donors (Lipinski definition) is 1. The minimum atomic E-state index is -0.490. The molecule has 0 bridgehead atoms. The molecule has 5 aromatic rings. The number of benzene rings is 1. The molecule has 0 unspecified atom stereocenters. The maximum atomic E-state index is 14.0. The van der Waals surface area contributed by atoms with Crippen LogP contribution in [0.2, 0.25) is 0 Å². The van der Waals surface area contributed by atoms with Crippen LogP contribution in [-0.4, -0.2) is 29.5 Å². The van der Waals surface area contributed by atoms with Crippen molar-refractivity contribution in [1.82, 2.24) is 29.5 Å². The van der Waals surface area contributed by atoms with Crippen LogP contribution in [0.15, 0.2) is 54.7 Å². The van der Waals surface area contributed by atoms with Crippen LogP contribution >= 0.6 is 0 Å². The van der Waals surface area contributed by atoms with Crippen LogP contribution in [0.1, 0.15) is 22.6 Å². The second-order valence-corrected chi connectivity index (χ2v) is 7.84. The maximum Gasteiger partial charge on any atom is 0.336 e. The Bertz CT molecular complexity index is 1600. The number of rotatable bonds is 5. The van der Waals surface area contributed by atoms with Gasteiger partial charge in [0.15, 0.2) is 5.65 Å². The average molecular weight is 466 g/mol. The summed E-state index contributed by atoms with van der Waals surface area (Å²) in [7, 11) is 0. The lowest BCUT2D eigenvalue weighted by molar-refractivity contribution is 0.271. The second kappa shape index (κ2) is 8.79. The average Bonchev–Trinajstić information content (AvgIpc) is 3.27. The zero-order valence-corrected chi connectivity index (χ0v) is 18.9. The lowest BCUT2D eigenvalue weighted by Crippen LogP contribution is -2.07. The van der Waals surface area contributed by atoms with E-state index in [4.69, 9.17) is 10.5 Å². The van der Waals surface area contributed by atoms with Crippen LogP contribution < -0.4 is 10.5 Å². The minimum Gasteiger partial charge on any atom is -0.456 e. The van der Waals surface area contributed by atoms with Crippen molar-refractivity contribution in [1.29, 1.82) is 5.26 Å². The molecule has 9 nitrogen and oxygen atoms in total. The number of nitriles is 1. The third-order valence-electron chi connectivity index (χ3n) is 5.34. The molecular weight excluding hydrogens is 447 g/mol. The van der Waals surface area contributed by atoms with Crippen molar-refractivity contribution in [3.05, 3.63) is 83.2 Å². The van der Waals surface area contributed by atoms with Gasteiger partial charge in [-0.15, -0.1) is 5.10 Å². The van der Waals surface area contributed by atoms with Crippen molar-refractivity contribution in [2.45, 2.75) is 20.5 Å². The van der Waals surface area contributed by atoms with E-state index in [1.807, 2.05) is 32.0 Å². The van der Waals surface area contributed by atoms with Gasteiger partial charge in [0.05, 0.1) is 22.9 Å². The molecule has 0 radical (unpaired) electrons. The quantitative estimate of drug-likeness (QED) is 0.411. The molecule has 0 fully saturated rings. The third-order valence-corrected chi connectivity index (χ3v) is 5.34. The second-order valence-electron chi connectivity index (χ2n) is 7.84. The normalized spacial score (nSPS) is 10.9. The van der Waals surface area contributed by atoms with E-state index in [2.05, 4.69) is 31.1 Å². The van der Waals surface area contributed by atoms with Crippen LogP contribution in [0, 0.1) is 31.0 Å². The summed E-state index contributed by atoms with van der Waals surface area (Å²) >= 11 is 0. The molecule has 4 aromatic heterocycles. The molecule has 0 amide bonds. The summed E-state index contributed by atoms with van der Waals surface area (Å²) < 4.78 is 21.0. The molecular formula is C25H19FN8O. The van der Waals surface area contributed by atoms with Gasteiger partial charge >= 0.3 is 6.01 Å². The molecule has 0 spiro atoms. The fourth-order valence-electron chi connectivity index (χ4n) is 3.88. The standard InChI is InChI=1S/C25H19FN8O/c1-14-10-17(11-15(2)30-14)21-22(18-7-4-3-6-16(18)12-27)31-24(28)34-23(21)32-25(33-34)35-13-20-19(26)8-5-9-29-20/h3-11H,13H2,1-2H3,(H2,28,31). The fourth-order valence-corrected chi connectivity index (χ4v) is 3.88. The Balaban J connectivity index is 1.72. The number of aromatic nitrogens is 6. The van der Waals surface area contributed by atoms with Gasteiger partial charge in [-0.1, -0.05) is 18.2 Å². The Labute approximate surface area is 199 Å². The molecule has 172 valence electrons. The van der Waals surface area contributed by atoms with Crippen LogP contribution in [0.25, 0.3) is 28.0 Å². The summed E-state index contributed by atoms with van der Waals surface area (Å²) in [6.07, 6.45) is 1.48. The van der Waals surface area contributed by atoms with E-state index >= 15 is 0 Å². The Kier molecular flexibility index (Phi) is 5.51. The van der Waals surface area contributed by atoms with Crippen LogP contribution in [0.3, 0.4) is 0 Å². The van der Waals surface area contributed by atoms with Gasteiger partial charge in [0.1, 0.15) is 18.1 Å². The van der Waals surface area contributed by atoms with Gasteiger partial charge in [0.2, 0.25) is 5.95 Å². The molecule has 1 aromatic carbocycles. The number of anilines is 1. The number of fused-ring (bicyclic) bond motifs is 1. The first-order valence-electron chi connectivity index (χ1n) is 10.7. The Morgan fingerprint density at radius 3 is 2.57 bits per heavy atom. The minimum absolute atomic E-state index is 0.0157. The summed E-state index contributed by atoms with van der Waals surface area (Å²) in [5.41, 5.74) is 11.3. The number of nitrogens with two attached hydrogens (primary N) is 1. The van der Waals surface area contributed by atoms with E-state index < -0.39 is 5.82 Å². The highest BCUT2D eigenvalue weighted by molar-refractivity contribution is 5.92. The van der Waals surface area contributed by atoms with E-state index in [1.165, 1.54) is 22.8 Å². The lowest BCUT2D eigenvalue weighted by atomic mass is 9.96. The Hall–Kier alpha value is -4.91. The number of hydrogen-bond acceptors (Lipinski definition) is 8. The molecule has 10 heteroatoms. The highest BCUT2D eigenvalue weighted by Crippen LogP contribution is 2.37. The third kappa shape index (κ3) is 4.11. The highest BCUT2D eigenvalue weighted by atomic mass is 19.1. The van der Waals surface area contributed by atoms with Crippen LogP contribution in [-0.2, 0) is 6.61 Å². The summed E-state index contributed by atoms with van der Waals surface area (Å²) in [6, 6.07) is 15.9. The zero-order valence-electron chi connectivity index (χ0n) is 18.9. The molecule has 0 aliphatic heterocycles. The number of nitrogen functional groups attached to an aromatic ring is 1. The van der Waals surface area contributed by atoms with Crippen molar-refractivity contribution in [2.24, 2.45) is 0 Å². The lowest BCUT2D eigenvalue weighted by Gasteiger charge is -2.13. The molecule has 2 N–H and O–H groups in total. The maximum absolute atomic E-state index is 14.0. The van der Waals surface area contributed by atoms with E-state index in [-0.39, 0.29) is 24.3 Å². The summed E-state index contributed by atoms with van der Waals surface area (Å²) in [5.74, 6) is -0.434. The number of pyridine rings is 2. The first-order chi connectivity index (χ1) is 16.9. The predicted octanol–water partition coefficient (Wildman–Crippen LogP) is 4.04. The Morgan fingerprint density at radius 1 is 1.06 bits per heavy atom. The molecule has 0 atom stereocenters. The molecule has 0 aliphatic carbocycles.